The second-order valence-corrected chi connectivity index (χ2v) is 2.86. The van der Waals surface area contributed by atoms with Crippen molar-refractivity contribution in [1.29, 1.82) is 0 Å². The summed E-state index contributed by atoms with van der Waals surface area (Å²) in [5.41, 5.74) is 0. The van der Waals surface area contributed by atoms with Gasteiger partial charge in [-0.1, -0.05) is 45.8 Å². The van der Waals surface area contributed by atoms with E-state index in [-0.39, 0.29) is 0 Å². The van der Waals surface area contributed by atoms with Gasteiger partial charge in [-0.3, -0.25) is 0 Å². The first-order valence-corrected chi connectivity index (χ1v) is 4.25. The zero-order valence-electron chi connectivity index (χ0n) is 7.27. The molecule has 0 aliphatic carbocycles. The van der Waals surface area contributed by atoms with E-state index in [2.05, 4.69) is 32.9 Å². The molecule has 0 amide bonds. The van der Waals surface area contributed by atoms with Crippen LogP contribution in [0.5, 0.6) is 0 Å². The molecule has 1 radical (unpaired) electrons. The highest BCUT2D eigenvalue weighted by Crippen LogP contribution is 2.09. The normalized spacial score (nSPS) is 14.3. The van der Waals surface area contributed by atoms with Crippen LogP contribution in [0.1, 0.15) is 39.5 Å². The predicted octanol–water partition coefficient (Wildman–Crippen LogP) is 3.59. The van der Waals surface area contributed by atoms with Crippen LogP contribution in [-0.4, -0.2) is 0 Å². The van der Waals surface area contributed by atoms with Crippen molar-refractivity contribution in [3.05, 3.63) is 19.1 Å². The van der Waals surface area contributed by atoms with Crippen molar-refractivity contribution < 1.29 is 0 Å². The maximum atomic E-state index is 3.83. The van der Waals surface area contributed by atoms with Gasteiger partial charge in [-0.05, 0) is 18.8 Å². The van der Waals surface area contributed by atoms with Gasteiger partial charge in [0.05, 0.1) is 0 Å². The van der Waals surface area contributed by atoms with Crippen LogP contribution in [0.2, 0.25) is 0 Å². The topological polar surface area (TPSA) is 0 Å². The first-order valence-electron chi connectivity index (χ1n) is 4.25. The van der Waals surface area contributed by atoms with Crippen molar-refractivity contribution in [3.8, 4) is 0 Å². The summed E-state index contributed by atoms with van der Waals surface area (Å²) in [7, 11) is 0. The largest absolute Gasteiger partial charge is 0.0888 e. The lowest BCUT2D eigenvalue weighted by Gasteiger charge is -2.04. The van der Waals surface area contributed by atoms with E-state index in [9.17, 15) is 0 Å². The molecular weight excluding hydrogens is 120 g/mol. The molecule has 0 heteroatoms. The molecule has 0 aliphatic heterocycles. The van der Waals surface area contributed by atoms with E-state index in [1.165, 1.54) is 12.8 Å². The maximum absolute atomic E-state index is 3.83. The molecular formula is C10H19. The van der Waals surface area contributed by atoms with Crippen LogP contribution in [-0.2, 0) is 0 Å². The molecule has 0 N–H and O–H groups in total. The lowest BCUT2D eigenvalue weighted by molar-refractivity contribution is 0.545. The maximum Gasteiger partial charge on any atom is -0.0325 e. The fourth-order valence-electron chi connectivity index (χ4n) is 0.962. The molecule has 10 heavy (non-hydrogen) atoms. The minimum atomic E-state index is 0.820. The summed E-state index contributed by atoms with van der Waals surface area (Å²) >= 11 is 0. The standard InChI is InChI=1S/C10H19/c1-4-6-7-9-10(3)8-5-2/h6-7,10H,2,4-5,8-9H2,1,3H3. The summed E-state index contributed by atoms with van der Waals surface area (Å²) < 4.78 is 0. The highest BCUT2D eigenvalue weighted by atomic mass is 14.0. The van der Waals surface area contributed by atoms with Gasteiger partial charge in [0.1, 0.15) is 0 Å². The SMILES string of the molecule is [CH2]CCC(C)CC=CCC. The Morgan fingerprint density at radius 2 is 2.10 bits per heavy atom. The Hall–Kier alpha value is -0.260. The monoisotopic (exact) mass is 139 g/mol. The molecule has 0 aromatic rings. The lowest BCUT2D eigenvalue weighted by atomic mass is 10.0. The molecule has 0 aromatic carbocycles. The molecule has 0 aromatic heterocycles. The van der Waals surface area contributed by atoms with Crippen molar-refractivity contribution in [2.45, 2.75) is 39.5 Å². The molecule has 0 rings (SSSR count). The van der Waals surface area contributed by atoms with E-state index in [1.54, 1.807) is 0 Å². The van der Waals surface area contributed by atoms with Crippen LogP contribution in [0.25, 0.3) is 0 Å². The molecule has 0 bridgehead atoms. The van der Waals surface area contributed by atoms with Gasteiger partial charge in [-0.2, -0.15) is 0 Å². The van der Waals surface area contributed by atoms with Gasteiger partial charge >= 0.3 is 0 Å². The summed E-state index contributed by atoms with van der Waals surface area (Å²) in [6.45, 7) is 8.28. The Bertz CT molecular complexity index is 82.0. The molecule has 1 unspecified atom stereocenters. The molecule has 0 heterocycles. The Morgan fingerprint density at radius 1 is 1.40 bits per heavy atom. The van der Waals surface area contributed by atoms with Crippen molar-refractivity contribution >= 4 is 0 Å². The number of rotatable bonds is 5. The summed E-state index contributed by atoms with van der Waals surface area (Å²) in [6, 6.07) is 0. The minimum Gasteiger partial charge on any atom is -0.0888 e. The molecule has 0 aliphatic rings. The Balaban J connectivity index is 3.20. The van der Waals surface area contributed by atoms with E-state index in [0.717, 1.165) is 18.8 Å². The van der Waals surface area contributed by atoms with Gasteiger partial charge in [-0.15, -0.1) is 0 Å². The van der Waals surface area contributed by atoms with E-state index in [0.29, 0.717) is 0 Å². The molecule has 0 fully saturated rings. The van der Waals surface area contributed by atoms with Crippen LogP contribution < -0.4 is 0 Å². The molecule has 0 saturated carbocycles. The summed E-state index contributed by atoms with van der Waals surface area (Å²) in [5, 5.41) is 0. The number of allylic oxidation sites excluding steroid dienone is 2. The van der Waals surface area contributed by atoms with E-state index in [1.807, 2.05) is 0 Å². The van der Waals surface area contributed by atoms with Crippen LogP contribution >= 0.6 is 0 Å². The first-order chi connectivity index (χ1) is 4.81. The first kappa shape index (κ1) is 9.74. The molecule has 0 nitrogen and oxygen atoms in total. The second-order valence-electron chi connectivity index (χ2n) is 2.86. The molecule has 0 saturated heterocycles. The summed E-state index contributed by atoms with van der Waals surface area (Å²) in [6.07, 6.45) is 9.23. The van der Waals surface area contributed by atoms with Gasteiger partial charge in [0.15, 0.2) is 0 Å². The third-order valence-corrected chi connectivity index (χ3v) is 1.64. The fraction of sp³-hybridized carbons (Fsp3) is 0.700. The zero-order valence-corrected chi connectivity index (χ0v) is 7.27. The fourth-order valence-corrected chi connectivity index (χ4v) is 0.962. The van der Waals surface area contributed by atoms with Crippen LogP contribution in [0.3, 0.4) is 0 Å². The number of hydrogen-bond acceptors (Lipinski definition) is 0. The predicted molar refractivity (Wildman–Crippen MR) is 47.8 cm³/mol. The average molecular weight is 139 g/mol. The Kier molecular flexibility index (Phi) is 6.68. The van der Waals surface area contributed by atoms with Gasteiger partial charge in [0.2, 0.25) is 0 Å². The van der Waals surface area contributed by atoms with E-state index < -0.39 is 0 Å². The lowest BCUT2D eigenvalue weighted by Crippen LogP contribution is -1.90. The van der Waals surface area contributed by atoms with Gasteiger partial charge in [0, 0.05) is 0 Å². The Morgan fingerprint density at radius 3 is 2.60 bits per heavy atom. The van der Waals surface area contributed by atoms with Crippen molar-refractivity contribution in [2.24, 2.45) is 5.92 Å². The molecule has 0 spiro atoms. The number of hydrogen-bond donors (Lipinski definition) is 0. The van der Waals surface area contributed by atoms with Crippen LogP contribution in [0.4, 0.5) is 0 Å². The zero-order chi connectivity index (χ0) is 7.82. The van der Waals surface area contributed by atoms with E-state index >= 15 is 0 Å². The third kappa shape index (κ3) is 5.87. The third-order valence-electron chi connectivity index (χ3n) is 1.64. The van der Waals surface area contributed by atoms with Crippen molar-refractivity contribution in [3.63, 3.8) is 0 Å². The highest BCUT2D eigenvalue weighted by Gasteiger charge is 1.95. The second kappa shape index (κ2) is 6.85. The Labute approximate surface area is 65.3 Å². The quantitative estimate of drug-likeness (QED) is 0.510. The molecule has 1 atom stereocenters. The average Bonchev–Trinajstić information content (AvgIpc) is 1.89. The molecule has 59 valence electrons. The van der Waals surface area contributed by atoms with Crippen molar-refractivity contribution in [2.75, 3.05) is 0 Å². The highest BCUT2D eigenvalue weighted by molar-refractivity contribution is 4.81. The van der Waals surface area contributed by atoms with Crippen LogP contribution in [0.15, 0.2) is 12.2 Å². The van der Waals surface area contributed by atoms with Gasteiger partial charge in [0.25, 0.3) is 0 Å². The summed E-state index contributed by atoms with van der Waals surface area (Å²) in [4.78, 5) is 0. The minimum absolute atomic E-state index is 0.820. The van der Waals surface area contributed by atoms with Gasteiger partial charge < -0.3 is 0 Å². The summed E-state index contributed by atoms with van der Waals surface area (Å²) in [5.74, 6) is 0.820. The van der Waals surface area contributed by atoms with E-state index in [4.69, 9.17) is 0 Å². The van der Waals surface area contributed by atoms with Gasteiger partial charge in [-0.25, -0.2) is 0 Å². The van der Waals surface area contributed by atoms with Crippen molar-refractivity contribution in [1.82, 2.24) is 0 Å². The smallest absolute Gasteiger partial charge is 0.0325 e. The van der Waals surface area contributed by atoms with Crippen LogP contribution in [0, 0.1) is 12.8 Å².